The minimum atomic E-state index is -1.01. The molecule has 1 aliphatic carbocycles. The standard InChI is InChI=1S/C13H13ClN2O5/c1-13(2)9(10(13)12(18)19)11(17)15-6-3-4-8(16(20)21)7(14)5-6/h3-5,9-10H,1-2H3,(H,15,17)(H,18,19). The van der Waals surface area contributed by atoms with Crippen LogP contribution in [0.5, 0.6) is 0 Å². The second-order valence-electron chi connectivity index (χ2n) is 5.53. The first kappa shape index (κ1) is 15.2. The number of nitrogens with zero attached hydrogens (tertiary/aromatic N) is 1. The Bertz CT molecular complexity index is 643. The van der Waals surface area contributed by atoms with Crippen LogP contribution in [0.25, 0.3) is 0 Å². The zero-order valence-electron chi connectivity index (χ0n) is 11.3. The molecule has 0 saturated heterocycles. The van der Waals surface area contributed by atoms with E-state index in [2.05, 4.69) is 5.32 Å². The smallest absolute Gasteiger partial charge is 0.307 e. The second kappa shape index (κ2) is 5.00. The van der Waals surface area contributed by atoms with Gasteiger partial charge < -0.3 is 10.4 Å². The van der Waals surface area contributed by atoms with Crippen molar-refractivity contribution in [3.8, 4) is 0 Å². The average Bonchev–Trinajstić information content (AvgIpc) is 2.92. The SMILES string of the molecule is CC1(C)C(C(=O)O)C1C(=O)Nc1ccc([N+](=O)[O-])c(Cl)c1. The lowest BCUT2D eigenvalue weighted by Gasteiger charge is -2.06. The third-order valence-corrected chi connectivity index (χ3v) is 4.09. The molecule has 1 aromatic rings. The van der Waals surface area contributed by atoms with Crippen LogP contribution in [0.4, 0.5) is 11.4 Å². The molecular weight excluding hydrogens is 300 g/mol. The predicted molar refractivity (Wildman–Crippen MR) is 75.1 cm³/mol. The molecule has 0 spiro atoms. The molecule has 7 nitrogen and oxygen atoms in total. The zero-order valence-corrected chi connectivity index (χ0v) is 12.0. The summed E-state index contributed by atoms with van der Waals surface area (Å²) in [6.45, 7) is 3.41. The Labute approximate surface area is 125 Å². The first-order valence-electron chi connectivity index (χ1n) is 6.14. The first-order valence-corrected chi connectivity index (χ1v) is 6.51. The van der Waals surface area contributed by atoms with Gasteiger partial charge in [-0.1, -0.05) is 25.4 Å². The maximum Gasteiger partial charge on any atom is 0.307 e. The Morgan fingerprint density at radius 1 is 1.38 bits per heavy atom. The Morgan fingerprint density at radius 3 is 2.43 bits per heavy atom. The number of hydrogen-bond acceptors (Lipinski definition) is 4. The molecule has 0 bridgehead atoms. The van der Waals surface area contributed by atoms with Gasteiger partial charge in [-0.2, -0.15) is 0 Å². The van der Waals surface area contributed by atoms with E-state index in [-0.39, 0.29) is 10.7 Å². The number of aliphatic carboxylic acids is 1. The highest BCUT2D eigenvalue weighted by atomic mass is 35.5. The predicted octanol–water partition coefficient (Wildman–Crippen LogP) is 2.54. The van der Waals surface area contributed by atoms with Crippen LogP contribution < -0.4 is 5.32 Å². The molecule has 0 heterocycles. The number of amides is 1. The molecule has 2 N–H and O–H groups in total. The molecule has 21 heavy (non-hydrogen) atoms. The van der Waals surface area contributed by atoms with Crippen LogP contribution in [0.3, 0.4) is 0 Å². The minimum absolute atomic E-state index is 0.0948. The van der Waals surface area contributed by atoms with Crippen molar-refractivity contribution in [1.29, 1.82) is 0 Å². The summed E-state index contributed by atoms with van der Waals surface area (Å²) in [5.41, 5.74) is -0.576. The monoisotopic (exact) mass is 312 g/mol. The molecule has 0 aliphatic heterocycles. The van der Waals surface area contributed by atoms with E-state index in [1.165, 1.54) is 18.2 Å². The van der Waals surface area contributed by atoms with E-state index < -0.39 is 34.1 Å². The van der Waals surface area contributed by atoms with Gasteiger partial charge in [-0.15, -0.1) is 0 Å². The second-order valence-corrected chi connectivity index (χ2v) is 5.93. The van der Waals surface area contributed by atoms with Gasteiger partial charge in [0.15, 0.2) is 0 Å². The first-order chi connectivity index (χ1) is 9.66. The largest absolute Gasteiger partial charge is 0.481 e. The van der Waals surface area contributed by atoms with Gasteiger partial charge in [0, 0.05) is 11.8 Å². The fraction of sp³-hybridized carbons (Fsp3) is 0.385. The maximum atomic E-state index is 12.1. The fourth-order valence-electron chi connectivity index (χ4n) is 2.54. The highest BCUT2D eigenvalue weighted by Crippen LogP contribution is 2.58. The van der Waals surface area contributed by atoms with Crippen LogP contribution >= 0.6 is 11.6 Å². The Hall–Kier alpha value is -2.15. The Kier molecular flexibility index (Phi) is 3.63. The van der Waals surface area contributed by atoms with E-state index in [9.17, 15) is 19.7 Å². The minimum Gasteiger partial charge on any atom is -0.481 e. The van der Waals surface area contributed by atoms with Crippen molar-refractivity contribution in [2.45, 2.75) is 13.8 Å². The van der Waals surface area contributed by atoms with Crippen LogP contribution in [-0.4, -0.2) is 21.9 Å². The normalized spacial score (nSPS) is 22.4. The number of carboxylic acids is 1. The van der Waals surface area contributed by atoms with Crippen LogP contribution in [-0.2, 0) is 9.59 Å². The molecule has 1 amide bonds. The van der Waals surface area contributed by atoms with Crippen LogP contribution in [0.15, 0.2) is 18.2 Å². The summed E-state index contributed by atoms with van der Waals surface area (Å²) >= 11 is 5.75. The highest BCUT2D eigenvalue weighted by molar-refractivity contribution is 6.33. The van der Waals surface area contributed by atoms with Gasteiger partial charge in [-0.25, -0.2) is 0 Å². The van der Waals surface area contributed by atoms with Gasteiger partial charge in [-0.05, 0) is 17.5 Å². The van der Waals surface area contributed by atoms with Crippen molar-refractivity contribution >= 4 is 34.9 Å². The van der Waals surface area contributed by atoms with Crippen molar-refractivity contribution in [3.05, 3.63) is 33.3 Å². The molecule has 2 rings (SSSR count). The molecule has 2 atom stereocenters. The number of nitrogens with one attached hydrogen (secondary N) is 1. The summed E-state index contributed by atoms with van der Waals surface area (Å²) in [5, 5.41) is 22.1. The number of anilines is 1. The number of halogens is 1. The van der Waals surface area contributed by atoms with E-state index in [1.807, 2.05) is 0 Å². The van der Waals surface area contributed by atoms with Gasteiger partial charge in [0.2, 0.25) is 5.91 Å². The molecule has 2 unspecified atom stereocenters. The Balaban J connectivity index is 2.13. The lowest BCUT2D eigenvalue weighted by atomic mass is 10.1. The van der Waals surface area contributed by atoms with E-state index in [1.54, 1.807) is 13.8 Å². The molecule has 8 heteroatoms. The average molecular weight is 313 g/mol. The number of nitro groups is 1. The quantitative estimate of drug-likeness (QED) is 0.655. The summed E-state index contributed by atoms with van der Waals surface area (Å²) in [4.78, 5) is 33.1. The van der Waals surface area contributed by atoms with Crippen molar-refractivity contribution in [2.24, 2.45) is 17.3 Å². The third-order valence-electron chi connectivity index (χ3n) is 3.79. The molecule has 1 fully saturated rings. The van der Waals surface area contributed by atoms with E-state index >= 15 is 0 Å². The topological polar surface area (TPSA) is 110 Å². The summed E-state index contributed by atoms with van der Waals surface area (Å²) < 4.78 is 0. The summed E-state index contributed by atoms with van der Waals surface area (Å²) in [6, 6.07) is 3.81. The van der Waals surface area contributed by atoms with Crippen LogP contribution in [0.1, 0.15) is 13.8 Å². The molecule has 1 aliphatic rings. The van der Waals surface area contributed by atoms with Crippen molar-refractivity contribution in [1.82, 2.24) is 0 Å². The van der Waals surface area contributed by atoms with Crippen molar-refractivity contribution in [2.75, 3.05) is 5.32 Å². The van der Waals surface area contributed by atoms with Gasteiger partial charge >= 0.3 is 5.97 Å². The maximum absolute atomic E-state index is 12.1. The van der Waals surface area contributed by atoms with Crippen LogP contribution in [0.2, 0.25) is 5.02 Å². The molecule has 0 aromatic heterocycles. The highest BCUT2D eigenvalue weighted by Gasteiger charge is 2.65. The molecule has 112 valence electrons. The number of hydrogen-bond donors (Lipinski definition) is 2. The van der Waals surface area contributed by atoms with Gasteiger partial charge in [0.05, 0.1) is 16.8 Å². The van der Waals surface area contributed by atoms with E-state index in [4.69, 9.17) is 16.7 Å². The van der Waals surface area contributed by atoms with Crippen LogP contribution in [0, 0.1) is 27.4 Å². The lowest BCUT2D eigenvalue weighted by Crippen LogP contribution is -2.17. The number of carbonyl (C=O) groups is 2. The fourth-order valence-corrected chi connectivity index (χ4v) is 2.79. The molecular formula is C13H13ClN2O5. The van der Waals surface area contributed by atoms with Gasteiger partial charge in [-0.3, -0.25) is 19.7 Å². The van der Waals surface area contributed by atoms with E-state index in [0.29, 0.717) is 5.69 Å². The molecule has 1 aromatic carbocycles. The zero-order chi connectivity index (χ0) is 15.9. The summed E-state index contributed by atoms with van der Waals surface area (Å²) in [6.07, 6.45) is 0. The Morgan fingerprint density at radius 2 is 2.00 bits per heavy atom. The number of carboxylic acid groups (broad SMARTS) is 1. The van der Waals surface area contributed by atoms with Gasteiger partial charge in [0.25, 0.3) is 5.69 Å². The summed E-state index contributed by atoms with van der Waals surface area (Å²) in [5.74, 6) is -2.81. The number of carbonyl (C=O) groups excluding carboxylic acids is 1. The summed E-state index contributed by atoms with van der Waals surface area (Å²) in [7, 11) is 0. The van der Waals surface area contributed by atoms with Crippen molar-refractivity contribution < 1.29 is 19.6 Å². The number of nitro benzene ring substituents is 1. The number of rotatable bonds is 4. The van der Waals surface area contributed by atoms with E-state index in [0.717, 1.165) is 0 Å². The van der Waals surface area contributed by atoms with Crippen molar-refractivity contribution in [3.63, 3.8) is 0 Å². The molecule has 0 radical (unpaired) electrons. The lowest BCUT2D eigenvalue weighted by molar-refractivity contribution is -0.384. The number of benzene rings is 1. The molecule has 1 saturated carbocycles. The van der Waals surface area contributed by atoms with Gasteiger partial charge in [0.1, 0.15) is 5.02 Å². The third kappa shape index (κ3) is 2.69.